The average molecular weight is 309 g/mol. The zero-order valence-electron chi connectivity index (χ0n) is 15.1. The van der Waals surface area contributed by atoms with Crippen molar-refractivity contribution in [2.75, 3.05) is 0 Å². The highest BCUT2D eigenvalue weighted by atomic mass is 16.6. The van der Waals surface area contributed by atoms with Gasteiger partial charge in [0.1, 0.15) is 5.60 Å². The molecule has 1 amide bonds. The molecule has 0 bridgehead atoms. The van der Waals surface area contributed by atoms with Gasteiger partial charge in [-0.2, -0.15) is 0 Å². The number of carbonyl (C=O) groups excluding carboxylic acids is 1. The van der Waals surface area contributed by atoms with E-state index >= 15 is 0 Å². The summed E-state index contributed by atoms with van der Waals surface area (Å²) in [6.07, 6.45) is 5.12. The Morgan fingerprint density at radius 2 is 1.95 bits per heavy atom. The van der Waals surface area contributed by atoms with Crippen LogP contribution in [0.1, 0.15) is 73.0 Å². The van der Waals surface area contributed by atoms with E-state index in [-0.39, 0.29) is 17.6 Å². The molecule has 5 nitrogen and oxygen atoms in total. The molecule has 0 aliphatic rings. The molecule has 1 heterocycles. The number of ether oxygens (including phenoxy) is 1. The van der Waals surface area contributed by atoms with Crippen molar-refractivity contribution < 1.29 is 9.53 Å². The minimum atomic E-state index is -0.491. The number of alkyl carbamates (subject to hydrolysis) is 1. The van der Waals surface area contributed by atoms with E-state index in [4.69, 9.17) is 4.74 Å². The summed E-state index contributed by atoms with van der Waals surface area (Å²) in [6.45, 7) is 15.2. The topological polar surface area (TPSA) is 56.1 Å². The molecule has 0 radical (unpaired) electrons. The zero-order valence-corrected chi connectivity index (χ0v) is 15.1. The van der Waals surface area contributed by atoms with E-state index in [1.165, 1.54) is 0 Å². The molecule has 1 N–H and O–H groups in total. The Morgan fingerprint density at radius 3 is 2.45 bits per heavy atom. The van der Waals surface area contributed by atoms with Gasteiger partial charge in [-0.05, 0) is 39.0 Å². The number of nitrogens with zero attached hydrogens (tertiary/aromatic N) is 2. The Kier molecular flexibility index (Phi) is 6.03. The van der Waals surface area contributed by atoms with Crippen molar-refractivity contribution in [3.63, 3.8) is 0 Å². The average Bonchev–Trinajstić information content (AvgIpc) is 2.78. The first kappa shape index (κ1) is 18.5. The fourth-order valence-electron chi connectivity index (χ4n) is 2.10. The number of hydrogen-bond acceptors (Lipinski definition) is 3. The van der Waals surface area contributed by atoms with Gasteiger partial charge in [0.15, 0.2) is 0 Å². The lowest BCUT2D eigenvalue weighted by molar-refractivity contribution is 0.0500. The second-order valence-corrected chi connectivity index (χ2v) is 7.93. The molecule has 1 atom stereocenters. The van der Waals surface area contributed by atoms with Crippen LogP contribution in [0.5, 0.6) is 0 Å². The van der Waals surface area contributed by atoms with Gasteiger partial charge in [0.25, 0.3) is 0 Å². The van der Waals surface area contributed by atoms with Crippen LogP contribution in [0.2, 0.25) is 0 Å². The number of nitrogens with one attached hydrogen (secondary N) is 1. The molecule has 1 aromatic heterocycles. The van der Waals surface area contributed by atoms with Crippen molar-refractivity contribution >= 4 is 6.09 Å². The van der Waals surface area contributed by atoms with Gasteiger partial charge in [0.2, 0.25) is 0 Å². The Labute approximate surface area is 134 Å². The van der Waals surface area contributed by atoms with E-state index in [0.717, 1.165) is 25.1 Å². The lowest BCUT2D eigenvalue weighted by Crippen LogP contribution is -2.35. The summed E-state index contributed by atoms with van der Waals surface area (Å²) in [6, 6.07) is -0.0858. The molecule has 0 unspecified atom stereocenters. The van der Waals surface area contributed by atoms with E-state index < -0.39 is 5.60 Å². The van der Waals surface area contributed by atoms with Crippen molar-refractivity contribution in [1.29, 1.82) is 0 Å². The van der Waals surface area contributed by atoms with Crippen molar-refractivity contribution in [2.45, 2.75) is 79.5 Å². The van der Waals surface area contributed by atoms with Crippen LogP contribution in [-0.2, 0) is 11.3 Å². The third kappa shape index (κ3) is 6.50. The molecular weight excluding hydrogens is 278 g/mol. The predicted octanol–water partition coefficient (Wildman–Crippen LogP) is 4.30. The molecule has 0 saturated carbocycles. The smallest absolute Gasteiger partial charge is 0.408 e. The van der Waals surface area contributed by atoms with E-state index in [2.05, 4.69) is 35.6 Å². The maximum Gasteiger partial charge on any atom is 0.408 e. The molecule has 0 aliphatic heterocycles. The second kappa shape index (κ2) is 7.16. The summed E-state index contributed by atoms with van der Waals surface area (Å²) in [4.78, 5) is 16.2. The summed E-state index contributed by atoms with van der Waals surface area (Å²) in [5.74, 6) is 0. The molecule has 0 fully saturated rings. The van der Waals surface area contributed by atoms with Gasteiger partial charge in [-0.15, -0.1) is 0 Å². The summed E-state index contributed by atoms with van der Waals surface area (Å²) < 4.78 is 7.46. The number of aryl methyl sites for hydroxylation is 1. The van der Waals surface area contributed by atoms with Crippen LogP contribution in [0, 0.1) is 5.41 Å². The van der Waals surface area contributed by atoms with Crippen LogP contribution >= 0.6 is 0 Å². The van der Waals surface area contributed by atoms with Crippen LogP contribution in [0.25, 0.3) is 0 Å². The minimum Gasteiger partial charge on any atom is -0.444 e. The maximum atomic E-state index is 12.0. The van der Waals surface area contributed by atoms with Gasteiger partial charge in [-0.25, -0.2) is 9.78 Å². The number of carbonyl (C=O) groups is 1. The normalized spacial score (nSPS) is 13.8. The van der Waals surface area contributed by atoms with Crippen LogP contribution < -0.4 is 5.32 Å². The van der Waals surface area contributed by atoms with Gasteiger partial charge in [-0.1, -0.05) is 27.7 Å². The predicted molar refractivity (Wildman–Crippen MR) is 88.7 cm³/mol. The molecule has 0 aromatic carbocycles. The third-order valence-corrected chi connectivity index (χ3v) is 3.30. The Bertz CT molecular complexity index is 481. The van der Waals surface area contributed by atoms with E-state index in [0.29, 0.717) is 0 Å². The monoisotopic (exact) mass is 309 g/mol. The molecule has 5 heteroatoms. The Balaban J connectivity index is 2.75. The van der Waals surface area contributed by atoms with Crippen LogP contribution in [0.3, 0.4) is 0 Å². The van der Waals surface area contributed by atoms with E-state index in [1.807, 2.05) is 40.2 Å². The van der Waals surface area contributed by atoms with Gasteiger partial charge in [0, 0.05) is 6.54 Å². The summed E-state index contributed by atoms with van der Waals surface area (Å²) in [5.41, 5.74) is 0.800. The van der Waals surface area contributed by atoms with Crippen molar-refractivity contribution in [3.05, 3.63) is 18.2 Å². The standard InChI is InChI=1S/C17H31N3O2/c1-8-13(19-15(21)22-17(5,6)7)14-11-18-12-20(14)10-9-16(2,3)4/h11-13H,8-10H2,1-7H3,(H,19,21)/t13-/m1/s1. The van der Waals surface area contributed by atoms with E-state index in [9.17, 15) is 4.79 Å². The number of aromatic nitrogens is 2. The van der Waals surface area contributed by atoms with Gasteiger partial charge in [-0.3, -0.25) is 0 Å². The van der Waals surface area contributed by atoms with Crippen molar-refractivity contribution in [2.24, 2.45) is 5.41 Å². The number of imidazole rings is 1. The molecule has 0 saturated heterocycles. The summed E-state index contributed by atoms with van der Waals surface area (Å²) >= 11 is 0. The van der Waals surface area contributed by atoms with Crippen LogP contribution in [-0.4, -0.2) is 21.2 Å². The van der Waals surface area contributed by atoms with Crippen LogP contribution in [0.4, 0.5) is 4.79 Å². The lowest BCUT2D eigenvalue weighted by atomic mass is 9.92. The first-order valence-corrected chi connectivity index (χ1v) is 8.01. The highest BCUT2D eigenvalue weighted by Crippen LogP contribution is 2.22. The van der Waals surface area contributed by atoms with Crippen molar-refractivity contribution in [3.8, 4) is 0 Å². The third-order valence-electron chi connectivity index (χ3n) is 3.30. The van der Waals surface area contributed by atoms with Gasteiger partial charge >= 0.3 is 6.09 Å². The first-order valence-electron chi connectivity index (χ1n) is 8.01. The second-order valence-electron chi connectivity index (χ2n) is 7.93. The van der Waals surface area contributed by atoms with Gasteiger partial charge in [0.05, 0.1) is 24.3 Å². The molecular formula is C17H31N3O2. The molecule has 0 aliphatic carbocycles. The lowest BCUT2D eigenvalue weighted by Gasteiger charge is -2.24. The highest BCUT2D eigenvalue weighted by molar-refractivity contribution is 5.68. The SMILES string of the molecule is CC[C@@H](NC(=O)OC(C)(C)C)c1cncn1CCC(C)(C)C. The fraction of sp³-hybridized carbons (Fsp3) is 0.765. The molecule has 22 heavy (non-hydrogen) atoms. The maximum absolute atomic E-state index is 12.0. The van der Waals surface area contributed by atoms with Crippen LogP contribution in [0.15, 0.2) is 12.5 Å². The summed E-state index contributed by atoms with van der Waals surface area (Å²) in [5, 5.41) is 2.94. The van der Waals surface area contributed by atoms with E-state index in [1.54, 1.807) is 0 Å². The van der Waals surface area contributed by atoms with Gasteiger partial charge < -0.3 is 14.6 Å². The molecule has 1 aromatic rings. The zero-order chi connectivity index (χ0) is 17.0. The minimum absolute atomic E-state index is 0.0858. The number of hydrogen-bond donors (Lipinski definition) is 1. The molecule has 126 valence electrons. The largest absolute Gasteiger partial charge is 0.444 e. The van der Waals surface area contributed by atoms with Crippen molar-refractivity contribution in [1.82, 2.24) is 14.9 Å². The number of amides is 1. The fourth-order valence-corrected chi connectivity index (χ4v) is 2.10. The quantitative estimate of drug-likeness (QED) is 0.882. The Hall–Kier alpha value is -1.52. The molecule has 0 spiro atoms. The Morgan fingerprint density at radius 1 is 1.32 bits per heavy atom. The first-order chi connectivity index (χ1) is 10.0. The summed E-state index contributed by atoms with van der Waals surface area (Å²) in [7, 11) is 0. The highest BCUT2D eigenvalue weighted by Gasteiger charge is 2.22. The molecule has 1 rings (SSSR count). The number of rotatable bonds is 5.